The molecular weight excluding hydrogens is 266 g/mol. The van der Waals surface area contributed by atoms with E-state index in [1.807, 2.05) is 24.3 Å². The SMILES string of the molecule is Clc1cccc(Cc2c(Cl)ncnc2Cl)c1. The zero-order valence-corrected chi connectivity index (χ0v) is 10.4. The van der Waals surface area contributed by atoms with Crippen LogP contribution in [-0.2, 0) is 6.42 Å². The van der Waals surface area contributed by atoms with E-state index in [0.717, 1.165) is 5.56 Å². The number of nitrogens with zero attached hydrogens (tertiary/aromatic N) is 2. The maximum atomic E-state index is 5.95. The lowest BCUT2D eigenvalue weighted by Gasteiger charge is -2.05. The fourth-order valence-electron chi connectivity index (χ4n) is 1.37. The molecule has 0 saturated heterocycles. The first-order chi connectivity index (χ1) is 7.66. The molecule has 0 unspecified atom stereocenters. The fraction of sp³-hybridized carbons (Fsp3) is 0.0909. The summed E-state index contributed by atoms with van der Waals surface area (Å²) in [6.07, 6.45) is 1.91. The molecule has 0 aliphatic carbocycles. The van der Waals surface area contributed by atoms with Crippen LogP contribution in [0, 0.1) is 0 Å². The Balaban J connectivity index is 2.34. The van der Waals surface area contributed by atoms with Gasteiger partial charge < -0.3 is 0 Å². The van der Waals surface area contributed by atoms with Gasteiger partial charge in [-0.3, -0.25) is 0 Å². The molecule has 0 bridgehead atoms. The summed E-state index contributed by atoms with van der Waals surface area (Å²) in [7, 11) is 0. The number of halogens is 3. The van der Waals surface area contributed by atoms with Gasteiger partial charge in [-0.2, -0.15) is 0 Å². The predicted octanol–water partition coefficient (Wildman–Crippen LogP) is 4.03. The topological polar surface area (TPSA) is 25.8 Å². The van der Waals surface area contributed by atoms with Crippen LogP contribution in [0.4, 0.5) is 0 Å². The van der Waals surface area contributed by atoms with Gasteiger partial charge in [-0.25, -0.2) is 9.97 Å². The molecule has 16 heavy (non-hydrogen) atoms. The lowest BCUT2D eigenvalue weighted by atomic mass is 10.1. The maximum Gasteiger partial charge on any atom is 0.137 e. The second-order valence-corrected chi connectivity index (χ2v) is 4.39. The van der Waals surface area contributed by atoms with Crippen LogP contribution in [0.5, 0.6) is 0 Å². The van der Waals surface area contributed by atoms with Gasteiger partial charge in [0, 0.05) is 17.0 Å². The van der Waals surface area contributed by atoms with Crippen molar-refractivity contribution in [1.29, 1.82) is 0 Å². The molecule has 0 amide bonds. The summed E-state index contributed by atoms with van der Waals surface area (Å²) < 4.78 is 0. The highest BCUT2D eigenvalue weighted by molar-refractivity contribution is 6.34. The van der Waals surface area contributed by atoms with Gasteiger partial charge in [0.15, 0.2) is 0 Å². The van der Waals surface area contributed by atoms with Crippen LogP contribution in [0.25, 0.3) is 0 Å². The molecule has 2 nitrogen and oxygen atoms in total. The third-order valence-corrected chi connectivity index (χ3v) is 3.00. The Hall–Kier alpha value is -0.830. The minimum absolute atomic E-state index is 0.375. The van der Waals surface area contributed by atoms with Crippen LogP contribution in [0.15, 0.2) is 30.6 Å². The average Bonchev–Trinajstić information content (AvgIpc) is 2.24. The smallest absolute Gasteiger partial charge is 0.137 e. The largest absolute Gasteiger partial charge is 0.224 e. The molecule has 0 spiro atoms. The third-order valence-electron chi connectivity index (χ3n) is 2.11. The molecule has 1 heterocycles. The Bertz CT molecular complexity index is 494. The van der Waals surface area contributed by atoms with E-state index < -0.39 is 0 Å². The van der Waals surface area contributed by atoms with Gasteiger partial charge in [0.25, 0.3) is 0 Å². The van der Waals surface area contributed by atoms with Gasteiger partial charge in [0.05, 0.1) is 0 Å². The first-order valence-corrected chi connectivity index (χ1v) is 5.69. The summed E-state index contributed by atoms with van der Waals surface area (Å²) >= 11 is 17.8. The van der Waals surface area contributed by atoms with E-state index in [1.54, 1.807) is 0 Å². The summed E-state index contributed by atoms with van der Waals surface area (Å²) in [6.45, 7) is 0. The number of hydrogen-bond donors (Lipinski definition) is 0. The normalized spacial score (nSPS) is 10.4. The second-order valence-electron chi connectivity index (χ2n) is 3.24. The highest BCUT2D eigenvalue weighted by Gasteiger charge is 2.08. The molecule has 0 N–H and O–H groups in total. The van der Waals surface area contributed by atoms with Crippen molar-refractivity contribution < 1.29 is 0 Å². The molecule has 2 aromatic rings. The van der Waals surface area contributed by atoms with Gasteiger partial charge in [0.2, 0.25) is 0 Å². The Morgan fingerprint density at radius 2 is 1.69 bits per heavy atom. The summed E-state index contributed by atoms with van der Waals surface area (Å²) in [6, 6.07) is 7.51. The van der Waals surface area contributed by atoms with E-state index in [0.29, 0.717) is 27.3 Å². The molecule has 2 rings (SSSR count). The summed E-state index contributed by atoms with van der Waals surface area (Å²) in [5.74, 6) is 0. The van der Waals surface area contributed by atoms with Crippen LogP contribution in [0.1, 0.15) is 11.1 Å². The van der Waals surface area contributed by atoms with Gasteiger partial charge in [-0.1, -0.05) is 46.9 Å². The van der Waals surface area contributed by atoms with Crippen LogP contribution >= 0.6 is 34.8 Å². The second kappa shape index (κ2) is 5.00. The summed E-state index contributed by atoms with van der Waals surface area (Å²) in [5, 5.41) is 1.43. The molecule has 0 saturated carbocycles. The van der Waals surface area contributed by atoms with Crippen molar-refractivity contribution in [3.63, 3.8) is 0 Å². The van der Waals surface area contributed by atoms with E-state index in [2.05, 4.69) is 9.97 Å². The van der Waals surface area contributed by atoms with Crippen molar-refractivity contribution in [2.75, 3.05) is 0 Å². The van der Waals surface area contributed by atoms with E-state index >= 15 is 0 Å². The summed E-state index contributed by atoms with van der Waals surface area (Å²) in [5.41, 5.74) is 1.74. The average molecular weight is 274 g/mol. The Labute approximate surface area is 108 Å². The number of hydrogen-bond acceptors (Lipinski definition) is 2. The Morgan fingerprint density at radius 3 is 2.31 bits per heavy atom. The molecule has 1 aromatic heterocycles. The van der Waals surface area contributed by atoms with Crippen LogP contribution < -0.4 is 0 Å². The first-order valence-electron chi connectivity index (χ1n) is 4.56. The number of aromatic nitrogens is 2. The van der Waals surface area contributed by atoms with Crippen LogP contribution in [0.3, 0.4) is 0 Å². The summed E-state index contributed by atoms with van der Waals surface area (Å²) in [4.78, 5) is 7.79. The lowest BCUT2D eigenvalue weighted by Crippen LogP contribution is -1.95. The van der Waals surface area contributed by atoms with Gasteiger partial charge in [-0.15, -0.1) is 0 Å². The van der Waals surface area contributed by atoms with E-state index in [9.17, 15) is 0 Å². The van der Waals surface area contributed by atoms with Gasteiger partial charge in [0.1, 0.15) is 16.6 Å². The highest BCUT2D eigenvalue weighted by Crippen LogP contribution is 2.23. The van der Waals surface area contributed by atoms with Crippen molar-refractivity contribution in [1.82, 2.24) is 9.97 Å². The van der Waals surface area contributed by atoms with E-state index in [1.165, 1.54) is 6.33 Å². The lowest BCUT2D eigenvalue weighted by molar-refractivity contribution is 1.07. The fourth-order valence-corrected chi connectivity index (χ4v) is 2.03. The van der Waals surface area contributed by atoms with Crippen molar-refractivity contribution in [2.24, 2.45) is 0 Å². The molecule has 82 valence electrons. The zero-order chi connectivity index (χ0) is 11.5. The molecule has 0 aliphatic rings. The Morgan fingerprint density at radius 1 is 1.00 bits per heavy atom. The predicted molar refractivity (Wildman–Crippen MR) is 66.3 cm³/mol. The molecule has 0 fully saturated rings. The standard InChI is InChI=1S/C11H7Cl3N2/c12-8-3-1-2-7(4-8)5-9-10(13)15-6-16-11(9)14/h1-4,6H,5H2. The number of benzene rings is 1. The first kappa shape index (κ1) is 11.6. The monoisotopic (exact) mass is 272 g/mol. The minimum Gasteiger partial charge on any atom is -0.224 e. The zero-order valence-electron chi connectivity index (χ0n) is 8.12. The van der Waals surface area contributed by atoms with Gasteiger partial charge >= 0.3 is 0 Å². The number of rotatable bonds is 2. The van der Waals surface area contributed by atoms with Crippen LogP contribution in [0.2, 0.25) is 15.3 Å². The van der Waals surface area contributed by atoms with E-state index in [4.69, 9.17) is 34.8 Å². The highest BCUT2D eigenvalue weighted by atomic mass is 35.5. The molecule has 0 radical (unpaired) electrons. The van der Waals surface area contributed by atoms with Crippen molar-refractivity contribution >= 4 is 34.8 Å². The van der Waals surface area contributed by atoms with Gasteiger partial charge in [-0.05, 0) is 17.7 Å². The van der Waals surface area contributed by atoms with Crippen molar-refractivity contribution in [3.05, 3.63) is 57.0 Å². The molecular formula is C11H7Cl3N2. The van der Waals surface area contributed by atoms with Crippen molar-refractivity contribution in [2.45, 2.75) is 6.42 Å². The van der Waals surface area contributed by atoms with Crippen LogP contribution in [-0.4, -0.2) is 9.97 Å². The quantitative estimate of drug-likeness (QED) is 0.772. The van der Waals surface area contributed by atoms with E-state index in [-0.39, 0.29) is 0 Å². The van der Waals surface area contributed by atoms with Crippen molar-refractivity contribution in [3.8, 4) is 0 Å². The molecule has 5 heteroatoms. The molecule has 0 atom stereocenters. The molecule has 1 aromatic carbocycles. The Kier molecular flexibility index (Phi) is 3.64. The maximum absolute atomic E-state index is 5.95. The third kappa shape index (κ3) is 2.64. The minimum atomic E-state index is 0.375. The molecule has 0 aliphatic heterocycles.